The van der Waals surface area contributed by atoms with Gasteiger partial charge in [-0.3, -0.25) is 4.79 Å². The first-order chi connectivity index (χ1) is 10.0. The highest BCUT2D eigenvalue weighted by Crippen LogP contribution is 2.20. The molecule has 21 heavy (non-hydrogen) atoms. The van der Waals surface area contributed by atoms with Crippen LogP contribution in [0, 0.1) is 6.92 Å². The lowest BCUT2D eigenvalue weighted by Crippen LogP contribution is -2.26. The van der Waals surface area contributed by atoms with E-state index < -0.39 is 0 Å². The van der Waals surface area contributed by atoms with E-state index in [2.05, 4.69) is 10.3 Å². The number of aromatic nitrogens is 1. The maximum atomic E-state index is 12.6. The molecule has 1 N–H and O–H groups in total. The van der Waals surface area contributed by atoms with Gasteiger partial charge in [0.2, 0.25) is 0 Å². The van der Waals surface area contributed by atoms with Crippen LogP contribution >= 0.6 is 11.6 Å². The maximum Gasteiger partial charge on any atom is 0.258 e. The lowest BCUT2D eigenvalue weighted by atomic mass is 10.2. The fourth-order valence-electron chi connectivity index (χ4n) is 1.97. The molecule has 1 amide bonds. The number of hydrogen-bond acceptors (Lipinski definition) is 3. The molecule has 0 aliphatic heterocycles. The van der Waals surface area contributed by atoms with Crippen molar-refractivity contribution in [1.82, 2.24) is 4.98 Å². The summed E-state index contributed by atoms with van der Waals surface area (Å²) in [5, 5.41) is 3.36. The molecule has 0 unspecified atom stereocenters. The Hall–Kier alpha value is -2.07. The van der Waals surface area contributed by atoms with Crippen molar-refractivity contribution in [3.63, 3.8) is 0 Å². The minimum Gasteiger partial charge on any atom is -0.370 e. The zero-order valence-corrected chi connectivity index (χ0v) is 13.1. The number of carbonyl (C=O) groups is 1. The van der Waals surface area contributed by atoms with Crippen LogP contribution < -0.4 is 10.2 Å². The smallest absolute Gasteiger partial charge is 0.258 e. The zero-order valence-electron chi connectivity index (χ0n) is 12.4. The van der Waals surface area contributed by atoms with Gasteiger partial charge in [-0.05, 0) is 38.1 Å². The van der Waals surface area contributed by atoms with Gasteiger partial charge in [0, 0.05) is 24.8 Å². The Kier molecular flexibility index (Phi) is 4.81. The molecule has 1 aromatic carbocycles. The van der Waals surface area contributed by atoms with Gasteiger partial charge in [-0.1, -0.05) is 29.3 Å². The molecule has 0 atom stereocenters. The van der Waals surface area contributed by atoms with Crippen molar-refractivity contribution >= 4 is 29.0 Å². The van der Waals surface area contributed by atoms with Crippen LogP contribution in [-0.4, -0.2) is 24.5 Å². The summed E-state index contributed by atoms with van der Waals surface area (Å²) in [5.41, 5.74) is 2.50. The number of nitrogens with zero attached hydrogens (tertiary/aromatic N) is 2. The number of amides is 1. The molecule has 1 heterocycles. The quantitative estimate of drug-likeness (QED) is 0.875. The third-order valence-electron chi connectivity index (χ3n) is 3.12. The van der Waals surface area contributed by atoms with Gasteiger partial charge in [-0.2, -0.15) is 0 Å². The number of halogens is 1. The first-order valence-corrected chi connectivity index (χ1v) is 7.15. The number of hydrogen-bond donors (Lipinski definition) is 1. The van der Waals surface area contributed by atoms with Gasteiger partial charge in [0.05, 0.1) is 0 Å². The Morgan fingerprint density at radius 2 is 1.95 bits per heavy atom. The van der Waals surface area contributed by atoms with Crippen molar-refractivity contribution in [2.75, 3.05) is 23.8 Å². The van der Waals surface area contributed by atoms with E-state index in [1.807, 2.05) is 38.1 Å². The molecule has 1 aromatic heterocycles. The van der Waals surface area contributed by atoms with Crippen LogP contribution in [0.1, 0.15) is 22.8 Å². The summed E-state index contributed by atoms with van der Waals surface area (Å²) in [4.78, 5) is 18.3. The van der Waals surface area contributed by atoms with E-state index in [9.17, 15) is 4.79 Å². The van der Waals surface area contributed by atoms with E-state index in [-0.39, 0.29) is 5.91 Å². The predicted molar refractivity (Wildman–Crippen MR) is 87.3 cm³/mol. The summed E-state index contributed by atoms with van der Waals surface area (Å²) in [6.45, 7) is 4.69. The molecule has 2 aromatic rings. The minimum absolute atomic E-state index is 0.123. The Labute approximate surface area is 129 Å². The second-order valence-electron chi connectivity index (χ2n) is 4.79. The van der Waals surface area contributed by atoms with Gasteiger partial charge < -0.3 is 10.2 Å². The van der Waals surface area contributed by atoms with Gasteiger partial charge in [0.1, 0.15) is 11.0 Å². The summed E-state index contributed by atoms with van der Waals surface area (Å²) >= 11 is 5.98. The SMILES string of the molecule is CCNc1cc(C(=O)N(C)c2ccc(C)cc2)cc(Cl)n1. The molecule has 4 nitrogen and oxygen atoms in total. The van der Waals surface area contributed by atoms with Crippen LogP contribution in [0.25, 0.3) is 0 Å². The summed E-state index contributed by atoms with van der Waals surface area (Å²) in [6, 6.07) is 11.1. The Morgan fingerprint density at radius 3 is 2.57 bits per heavy atom. The molecule has 110 valence electrons. The van der Waals surface area contributed by atoms with Crippen molar-refractivity contribution in [2.45, 2.75) is 13.8 Å². The molecule has 2 rings (SSSR count). The summed E-state index contributed by atoms with van der Waals surface area (Å²) < 4.78 is 0. The second-order valence-corrected chi connectivity index (χ2v) is 5.18. The van der Waals surface area contributed by atoms with Crippen LogP contribution in [0.15, 0.2) is 36.4 Å². The van der Waals surface area contributed by atoms with Crippen molar-refractivity contribution in [3.05, 3.63) is 52.7 Å². The van der Waals surface area contributed by atoms with Crippen molar-refractivity contribution in [1.29, 1.82) is 0 Å². The molecule has 5 heteroatoms. The number of benzene rings is 1. The minimum atomic E-state index is -0.123. The van der Waals surface area contributed by atoms with Crippen LogP contribution in [0.2, 0.25) is 5.15 Å². The zero-order chi connectivity index (χ0) is 15.4. The molecule has 0 spiro atoms. The van der Waals surface area contributed by atoms with E-state index in [0.29, 0.717) is 16.5 Å². The van der Waals surface area contributed by atoms with Gasteiger partial charge >= 0.3 is 0 Å². The maximum absolute atomic E-state index is 12.6. The van der Waals surface area contributed by atoms with Crippen LogP contribution in [0.3, 0.4) is 0 Å². The van der Waals surface area contributed by atoms with E-state index >= 15 is 0 Å². The van der Waals surface area contributed by atoms with Gasteiger partial charge in [-0.15, -0.1) is 0 Å². The topological polar surface area (TPSA) is 45.2 Å². The summed E-state index contributed by atoms with van der Waals surface area (Å²) in [5.74, 6) is 0.480. The highest BCUT2D eigenvalue weighted by Gasteiger charge is 2.15. The fraction of sp³-hybridized carbons (Fsp3) is 0.250. The number of pyridine rings is 1. The molecule has 0 bridgehead atoms. The molecule has 0 fully saturated rings. The van der Waals surface area contributed by atoms with E-state index in [1.165, 1.54) is 0 Å². The molecule has 0 saturated heterocycles. The number of nitrogens with one attached hydrogen (secondary N) is 1. The molecule has 0 aliphatic rings. The summed E-state index contributed by atoms with van der Waals surface area (Å²) in [6.07, 6.45) is 0. The second kappa shape index (κ2) is 6.59. The van der Waals surface area contributed by atoms with E-state index in [0.717, 1.165) is 17.8 Å². The first kappa shape index (κ1) is 15.3. The van der Waals surface area contributed by atoms with Crippen LogP contribution in [0.5, 0.6) is 0 Å². The van der Waals surface area contributed by atoms with Gasteiger partial charge in [0.25, 0.3) is 5.91 Å². The fourth-order valence-corrected chi connectivity index (χ4v) is 2.18. The van der Waals surface area contributed by atoms with E-state index in [1.54, 1.807) is 24.1 Å². The van der Waals surface area contributed by atoms with Crippen molar-refractivity contribution in [3.8, 4) is 0 Å². The normalized spacial score (nSPS) is 10.3. The molecular weight excluding hydrogens is 286 g/mol. The van der Waals surface area contributed by atoms with Crippen LogP contribution in [0.4, 0.5) is 11.5 Å². The number of rotatable bonds is 4. The predicted octanol–water partition coefficient (Wildman–Crippen LogP) is 3.75. The third-order valence-corrected chi connectivity index (χ3v) is 3.32. The Morgan fingerprint density at radius 1 is 1.29 bits per heavy atom. The Bertz CT molecular complexity index is 640. The standard InChI is InChI=1S/C16H18ClN3O/c1-4-18-15-10-12(9-14(17)19-15)16(21)20(3)13-7-5-11(2)6-8-13/h5-10H,4H2,1-3H3,(H,18,19). The molecule has 0 saturated carbocycles. The van der Waals surface area contributed by atoms with Crippen molar-refractivity contribution < 1.29 is 4.79 Å². The lowest BCUT2D eigenvalue weighted by molar-refractivity contribution is 0.0993. The molecule has 0 aliphatic carbocycles. The monoisotopic (exact) mass is 303 g/mol. The summed E-state index contributed by atoms with van der Waals surface area (Å²) in [7, 11) is 1.74. The van der Waals surface area contributed by atoms with E-state index in [4.69, 9.17) is 11.6 Å². The highest BCUT2D eigenvalue weighted by atomic mass is 35.5. The van der Waals surface area contributed by atoms with Gasteiger partial charge in [-0.25, -0.2) is 4.98 Å². The van der Waals surface area contributed by atoms with Crippen LogP contribution in [-0.2, 0) is 0 Å². The average molecular weight is 304 g/mol. The number of carbonyl (C=O) groups excluding carboxylic acids is 1. The first-order valence-electron chi connectivity index (χ1n) is 6.77. The molecule has 0 radical (unpaired) electrons. The number of aryl methyl sites for hydroxylation is 1. The average Bonchev–Trinajstić information content (AvgIpc) is 2.46. The Balaban J connectivity index is 2.28. The van der Waals surface area contributed by atoms with Gasteiger partial charge in [0.15, 0.2) is 0 Å². The van der Waals surface area contributed by atoms with Crippen molar-refractivity contribution in [2.24, 2.45) is 0 Å². The third kappa shape index (κ3) is 3.73. The number of anilines is 2. The lowest BCUT2D eigenvalue weighted by Gasteiger charge is -2.18. The highest BCUT2D eigenvalue weighted by molar-refractivity contribution is 6.30. The largest absolute Gasteiger partial charge is 0.370 e. The molecular formula is C16H18ClN3O.